The van der Waals surface area contributed by atoms with Crippen LogP contribution in [-0.4, -0.2) is 19.1 Å². The highest BCUT2D eigenvalue weighted by Crippen LogP contribution is 2.35. The third-order valence-corrected chi connectivity index (χ3v) is 2.36. The van der Waals surface area contributed by atoms with Crippen LogP contribution in [0, 0.1) is 0 Å². The van der Waals surface area contributed by atoms with E-state index in [4.69, 9.17) is 9.47 Å². The van der Waals surface area contributed by atoms with Crippen molar-refractivity contribution in [3.8, 4) is 11.5 Å². The first-order valence-corrected chi connectivity index (χ1v) is 4.83. The fourth-order valence-electron chi connectivity index (χ4n) is 1.19. The Morgan fingerprint density at radius 3 is 2.86 bits per heavy atom. The van der Waals surface area contributed by atoms with Crippen molar-refractivity contribution in [2.45, 2.75) is 12.5 Å². The van der Waals surface area contributed by atoms with Crippen molar-refractivity contribution < 1.29 is 18.3 Å². The molecule has 0 saturated heterocycles. The highest BCUT2D eigenvalue weighted by Gasteiger charge is 2.28. The van der Waals surface area contributed by atoms with Gasteiger partial charge in [0.2, 0.25) is 0 Å². The Hall–Kier alpha value is -0.840. The molecule has 0 saturated carbocycles. The van der Waals surface area contributed by atoms with E-state index in [9.17, 15) is 8.78 Å². The lowest BCUT2D eigenvalue weighted by Crippen LogP contribution is -2.35. The maximum Gasteiger partial charge on any atom is 0.278 e. The van der Waals surface area contributed by atoms with Crippen molar-refractivity contribution in [2.75, 3.05) is 6.61 Å². The molecule has 0 aromatic heterocycles. The molecule has 1 unspecified atom stereocenters. The molecule has 1 aromatic carbocycles. The number of benzene rings is 1. The monoisotopic (exact) mass is 264 g/mol. The number of hydrogen-bond acceptors (Lipinski definition) is 2. The van der Waals surface area contributed by atoms with Crippen LogP contribution in [0.3, 0.4) is 0 Å². The second kappa shape index (κ2) is 3.73. The summed E-state index contributed by atoms with van der Waals surface area (Å²) in [4.78, 5) is 0. The van der Waals surface area contributed by atoms with E-state index < -0.39 is 12.5 Å². The Morgan fingerprint density at radius 1 is 1.36 bits per heavy atom. The van der Waals surface area contributed by atoms with Crippen molar-refractivity contribution in [3.63, 3.8) is 0 Å². The molecule has 0 radical (unpaired) electrons. The second-order valence-corrected chi connectivity index (χ2v) is 3.81. The molecule has 5 heteroatoms. The molecule has 2 nitrogen and oxygen atoms in total. The summed E-state index contributed by atoms with van der Waals surface area (Å²) in [5.41, 5.74) is 0. The molecule has 0 spiro atoms. The second-order valence-electron chi connectivity index (χ2n) is 2.89. The maximum absolute atomic E-state index is 12.3. The molecular weight excluding hydrogens is 258 g/mol. The fraction of sp³-hybridized carbons (Fsp3) is 0.333. The van der Waals surface area contributed by atoms with Crippen LogP contribution < -0.4 is 9.47 Å². The predicted octanol–water partition coefficient (Wildman–Crippen LogP) is 2.85. The summed E-state index contributed by atoms with van der Waals surface area (Å²) in [6, 6.07) is 5.01. The van der Waals surface area contributed by atoms with Gasteiger partial charge >= 0.3 is 0 Å². The van der Waals surface area contributed by atoms with Crippen LogP contribution >= 0.6 is 15.9 Å². The summed E-state index contributed by atoms with van der Waals surface area (Å²) in [7, 11) is 0. The van der Waals surface area contributed by atoms with Gasteiger partial charge < -0.3 is 9.47 Å². The Morgan fingerprint density at radius 2 is 2.14 bits per heavy atom. The molecule has 1 atom stereocenters. The van der Waals surface area contributed by atoms with Gasteiger partial charge in [0.1, 0.15) is 6.61 Å². The van der Waals surface area contributed by atoms with Crippen LogP contribution in [0.5, 0.6) is 11.5 Å². The van der Waals surface area contributed by atoms with Gasteiger partial charge in [0.25, 0.3) is 6.43 Å². The number of fused-ring (bicyclic) bond motifs is 1. The Balaban J connectivity index is 2.23. The first-order valence-electron chi connectivity index (χ1n) is 4.04. The normalized spacial score (nSPS) is 19.9. The largest absolute Gasteiger partial charge is 0.486 e. The van der Waals surface area contributed by atoms with Gasteiger partial charge in [-0.2, -0.15) is 0 Å². The van der Waals surface area contributed by atoms with E-state index in [1.807, 2.05) is 0 Å². The Labute approximate surface area is 87.9 Å². The number of hydrogen-bond donors (Lipinski definition) is 0. The Kier molecular flexibility index (Phi) is 2.58. The van der Waals surface area contributed by atoms with Crippen LogP contribution in [0.4, 0.5) is 8.78 Å². The minimum atomic E-state index is -2.52. The molecule has 0 amide bonds. The molecule has 1 heterocycles. The average molecular weight is 265 g/mol. The molecule has 14 heavy (non-hydrogen) atoms. The first kappa shape index (κ1) is 9.71. The van der Waals surface area contributed by atoms with Gasteiger partial charge in [0, 0.05) is 4.47 Å². The highest BCUT2D eigenvalue weighted by atomic mass is 79.9. The SMILES string of the molecule is FC(F)C1COc2cc(Br)ccc2O1. The van der Waals surface area contributed by atoms with Crippen molar-refractivity contribution in [1.82, 2.24) is 0 Å². The van der Waals surface area contributed by atoms with Crippen molar-refractivity contribution in [3.05, 3.63) is 22.7 Å². The molecular formula is C9H7BrF2O2. The molecule has 0 fully saturated rings. The van der Waals surface area contributed by atoms with Crippen LogP contribution in [0.1, 0.15) is 0 Å². The lowest BCUT2D eigenvalue weighted by Gasteiger charge is -2.25. The van der Waals surface area contributed by atoms with E-state index in [1.165, 1.54) is 0 Å². The summed E-state index contributed by atoms with van der Waals surface area (Å²) >= 11 is 3.25. The molecule has 1 aliphatic heterocycles. The summed E-state index contributed by atoms with van der Waals surface area (Å²) in [6.45, 7) is -0.110. The van der Waals surface area contributed by atoms with Crippen LogP contribution in [-0.2, 0) is 0 Å². The van der Waals surface area contributed by atoms with Gasteiger partial charge in [0.05, 0.1) is 0 Å². The maximum atomic E-state index is 12.3. The summed E-state index contributed by atoms with van der Waals surface area (Å²) in [6.07, 6.45) is -3.68. The summed E-state index contributed by atoms with van der Waals surface area (Å²) in [5.74, 6) is 0.862. The lowest BCUT2D eigenvalue weighted by molar-refractivity contribution is -0.0294. The van der Waals surface area contributed by atoms with Gasteiger partial charge in [-0.15, -0.1) is 0 Å². The molecule has 1 aromatic rings. The van der Waals surface area contributed by atoms with Gasteiger partial charge in [-0.05, 0) is 18.2 Å². The number of ether oxygens (including phenoxy) is 2. The zero-order chi connectivity index (χ0) is 10.1. The van der Waals surface area contributed by atoms with Crippen molar-refractivity contribution >= 4 is 15.9 Å². The highest BCUT2D eigenvalue weighted by molar-refractivity contribution is 9.10. The van der Waals surface area contributed by atoms with Crippen LogP contribution in [0.2, 0.25) is 0 Å². The van der Waals surface area contributed by atoms with E-state index in [0.717, 1.165) is 4.47 Å². The van der Waals surface area contributed by atoms with Crippen LogP contribution in [0.25, 0.3) is 0 Å². The number of halogens is 3. The zero-order valence-electron chi connectivity index (χ0n) is 7.04. The molecule has 0 bridgehead atoms. The first-order chi connectivity index (χ1) is 6.66. The third-order valence-electron chi connectivity index (χ3n) is 1.87. The van der Waals surface area contributed by atoms with Gasteiger partial charge in [-0.25, -0.2) is 8.78 Å². The Bertz CT molecular complexity index is 344. The van der Waals surface area contributed by atoms with E-state index in [-0.39, 0.29) is 6.61 Å². The number of alkyl halides is 2. The zero-order valence-corrected chi connectivity index (χ0v) is 8.63. The van der Waals surface area contributed by atoms with E-state index in [0.29, 0.717) is 11.5 Å². The molecule has 0 aliphatic carbocycles. The van der Waals surface area contributed by atoms with Crippen LogP contribution in [0.15, 0.2) is 22.7 Å². The average Bonchev–Trinajstić information content (AvgIpc) is 2.16. The minimum Gasteiger partial charge on any atom is -0.486 e. The minimum absolute atomic E-state index is 0.110. The number of rotatable bonds is 1. The predicted molar refractivity (Wildman–Crippen MR) is 50.1 cm³/mol. The molecule has 1 aliphatic rings. The lowest BCUT2D eigenvalue weighted by atomic mass is 10.2. The standard InChI is InChI=1S/C9H7BrF2O2/c10-5-1-2-6-7(3-5)13-4-8(14-6)9(11)12/h1-3,8-9H,4H2. The van der Waals surface area contributed by atoms with E-state index in [2.05, 4.69) is 15.9 Å². The smallest absolute Gasteiger partial charge is 0.278 e. The fourth-order valence-corrected chi connectivity index (χ4v) is 1.53. The summed E-state index contributed by atoms with van der Waals surface area (Å²) in [5, 5.41) is 0. The summed E-state index contributed by atoms with van der Waals surface area (Å²) < 4.78 is 35.6. The molecule has 76 valence electrons. The topological polar surface area (TPSA) is 18.5 Å². The van der Waals surface area contributed by atoms with Crippen molar-refractivity contribution in [2.24, 2.45) is 0 Å². The van der Waals surface area contributed by atoms with Gasteiger partial charge in [0.15, 0.2) is 17.6 Å². The molecule has 0 N–H and O–H groups in total. The quantitative estimate of drug-likeness (QED) is 0.777. The van der Waals surface area contributed by atoms with Crippen molar-refractivity contribution in [1.29, 1.82) is 0 Å². The van der Waals surface area contributed by atoms with E-state index in [1.54, 1.807) is 18.2 Å². The molecule has 2 rings (SSSR count). The van der Waals surface area contributed by atoms with Gasteiger partial charge in [-0.3, -0.25) is 0 Å². The van der Waals surface area contributed by atoms with Gasteiger partial charge in [-0.1, -0.05) is 15.9 Å². The van der Waals surface area contributed by atoms with E-state index >= 15 is 0 Å². The third kappa shape index (κ3) is 1.82.